The summed E-state index contributed by atoms with van der Waals surface area (Å²) in [5.74, 6) is -1.61. The lowest BCUT2D eigenvalue weighted by Gasteiger charge is -2.14. The number of hydrogen-bond acceptors (Lipinski definition) is 1. The van der Waals surface area contributed by atoms with Gasteiger partial charge in [0.05, 0.1) is 27.2 Å². The molecule has 2 aromatic rings. The van der Waals surface area contributed by atoms with Crippen LogP contribution in [0.1, 0.15) is 31.7 Å². The minimum atomic E-state index is -5.10. The molecule has 0 aliphatic rings. The zero-order valence-electron chi connectivity index (χ0n) is 16.8. The van der Waals surface area contributed by atoms with Crippen LogP contribution in [0.4, 0.5) is 39.5 Å². The lowest BCUT2D eigenvalue weighted by atomic mass is 10.1. The fourth-order valence-corrected chi connectivity index (χ4v) is 2.73. The van der Waals surface area contributed by atoms with Crippen LogP contribution in [0.25, 0.3) is 11.0 Å². The molecular weight excluding hydrogens is 475 g/mol. The summed E-state index contributed by atoms with van der Waals surface area (Å²) in [6.45, 7) is 9.68. The van der Waals surface area contributed by atoms with Gasteiger partial charge in [-0.2, -0.15) is 39.5 Å². The van der Waals surface area contributed by atoms with Crippen LogP contribution in [-0.4, -0.2) is 15.7 Å². The summed E-state index contributed by atoms with van der Waals surface area (Å²) < 4.78 is 118. The van der Waals surface area contributed by atoms with E-state index in [4.69, 9.17) is 11.6 Å². The van der Waals surface area contributed by atoms with Gasteiger partial charge in [-0.15, -0.1) is 0 Å². The minimum absolute atomic E-state index is 0.340. The molecule has 0 N–H and O–H groups in total. The first-order valence-electron chi connectivity index (χ1n) is 8.90. The third-order valence-corrected chi connectivity index (χ3v) is 3.98. The average molecular weight is 493 g/mol. The van der Waals surface area contributed by atoms with Gasteiger partial charge in [0.25, 0.3) is 0 Å². The fraction of sp³-hybridized carbons (Fsp3) is 0.350. The Labute approximate surface area is 182 Å². The van der Waals surface area contributed by atoms with E-state index in [-0.39, 0.29) is 0 Å². The zero-order chi connectivity index (χ0) is 25.1. The van der Waals surface area contributed by atoms with Gasteiger partial charge in [-0.05, 0) is 23.8 Å². The van der Waals surface area contributed by atoms with Crippen LogP contribution in [0.3, 0.4) is 0 Å². The number of rotatable bonds is 4. The van der Waals surface area contributed by atoms with Crippen LogP contribution >= 0.6 is 11.6 Å². The Morgan fingerprint density at radius 1 is 1.03 bits per heavy atom. The SMILES string of the molecule is C=C/C(=C\C(=C)Cn1c(C(F)(F)F)nc2cc(C(F)(F)F)c(Cl)cc21)C(F)(F)F.CCC. The van der Waals surface area contributed by atoms with Gasteiger partial charge in [-0.25, -0.2) is 4.98 Å². The summed E-state index contributed by atoms with van der Waals surface area (Å²) in [7, 11) is 0. The molecule has 0 bridgehead atoms. The Balaban J connectivity index is 0.00000161. The van der Waals surface area contributed by atoms with Crippen molar-refractivity contribution in [1.29, 1.82) is 0 Å². The third kappa shape index (κ3) is 6.78. The van der Waals surface area contributed by atoms with Crippen molar-refractivity contribution in [3.8, 4) is 0 Å². The van der Waals surface area contributed by atoms with E-state index in [2.05, 4.69) is 32.0 Å². The standard InChI is InChI=1S/C17H10ClF9N2.C3H8/c1-3-9(15(19,20)21)4-8(2)7-29-13-6-11(18)10(16(22,23)24)5-12(13)28-14(29)17(25,26)27;1-3-2/h3-6H,1-2,7H2;3H2,1-2H3/b9-4+;. The molecule has 1 aromatic heterocycles. The largest absolute Gasteiger partial charge is 0.449 e. The Kier molecular flexibility index (Phi) is 8.64. The highest BCUT2D eigenvalue weighted by molar-refractivity contribution is 6.32. The quantitative estimate of drug-likeness (QED) is 0.309. The highest BCUT2D eigenvalue weighted by atomic mass is 35.5. The first-order chi connectivity index (χ1) is 14.5. The van der Waals surface area contributed by atoms with Crippen molar-refractivity contribution in [2.45, 2.75) is 45.3 Å². The van der Waals surface area contributed by atoms with E-state index < -0.39 is 63.7 Å². The smallest absolute Gasteiger partial charge is 0.316 e. The van der Waals surface area contributed by atoms with Crippen molar-refractivity contribution in [2.75, 3.05) is 0 Å². The number of aromatic nitrogens is 2. The van der Waals surface area contributed by atoms with Crippen LogP contribution in [0.15, 0.2) is 48.6 Å². The molecule has 0 unspecified atom stereocenters. The van der Waals surface area contributed by atoms with Crippen molar-refractivity contribution in [2.24, 2.45) is 0 Å². The van der Waals surface area contributed by atoms with E-state index in [0.717, 1.165) is 0 Å². The highest BCUT2D eigenvalue weighted by Crippen LogP contribution is 2.39. The van der Waals surface area contributed by atoms with Crippen molar-refractivity contribution >= 4 is 22.6 Å². The second kappa shape index (κ2) is 10.0. The molecule has 32 heavy (non-hydrogen) atoms. The van der Waals surface area contributed by atoms with Gasteiger partial charge in [-0.3, -0.25) is 0 Å². The Morgan fingerprint density at radius 2 is 1.56 bits per heavy atom. The van der Waals surface area contributed by atoms with E-state index in [9.17, 15) is 39.5 Å². The van der Waals surface area contributed by atoms with Gasteiger partial charge in [0, 0.05) is 6.54 Å². The van der Waals surface area contributed by atoms with Crippen molar-refractivity contribution < 1.29 is 39.5 Å². The van der Waals surface area contributed by atoms with Gasteiger partial charge >= 0.3 is 18.5 Å². The Morgan fingerprint density at radius 3 is 1.97 bits per heavy atom. The van der Waals surface area contributed by atoms with E-state index in [0.29, 0.717) is 28.9 Å². The van der Waals surface area contributed by atoms with Crippen LogP contribution in [0.2, 0.25) is 5.02 Å². The summed E-state index contributed by atoms with van der Waals surface area (Å²) in [5.41, 5.74) is -4.19. The third-order valence-electron chi connectivity index (χ3n) is 3.66. The van der Waals surface area contributed by atoms with Crippen molar-refractivity contribution in [3.63, 3.8) is 0 Å². The van der Waals surface area contributed by atoms with Crippen LogP contribution in [0.5, 0.6) is 0 Å². The van der Waals surface area contributed by atoms with Crippen molar-refractivity contribution in [1.82, 2.24) is 9.55 Å². The molecule has 0 aliphatic heterocycles. The molecule has 1 aromatic carbocycles. The summed E-state index contributed by atoms with van der Waals surface area (Å²) in [6, 6.07) is 0.962. The summed E-state index contributed by atoms with van der Waals surface area (Å²) >= 11 is 5.55. The van der Waals surface area contributed by atoms with Crippen LogP contribution in [0, 0.1) is 0 Å². The van der Waals surface area contributed by atoms with Gasteiger partial charge in [0.2, 0.25) is 5.82 Å². The second-order valence-electron chi connectivity index (χ2n) is 6.50. The minimum Gasteiger partial charge on any atom is -0.316 e. The normalized spacial score (nSPS) is 13.1. The molecule has 12 heteroatoms. The monoisotopic (exact) mass is 492 g/mol. The number of allylic oxidation sites excluding steroid dienone is 4. The van der Waals surface area contributed by atoms with E-state index in [1.807, 2.05) is 0 Å². The molecule has 0 aliphatic carbocycles. The Bertz CT molecular complexity index is 1010. The number of alkyl halides is 9. The van der Waals surface area contributed by atoms with E-state index in [1.54, 1.807) is 0 Å². The molecule has 1 heterocycles. The number of imidazole rings is 1. The molecule has 0 radical (unpaired) electrons. The first kappa shape index (κ1) is 27.6. The van der Waals surface area contributed by atoms with Crippen LogP contribution < -0.4 is 0 Å². The number of benzene rings is 1. The molecule has 0 spiro atoms. The van der Waals surface area contributed by atoms with E-state index in [1.165, 1.54) is 6.42 Å². The molecule has 0 atom stereocenters. The maximum absolute atomic E-state index is 13.3. The van der Waals surface area contributed by atoms with E-state index >= 15 is 0 Å². The van der Waals surface area contributed by atoms with Crippen LogP contribution in [-0.2, 0) is 18.9 Å². The van der Waals surface area contributed by atoms with Gasteiger partial charge < -0.3 is 4.57 Å². The topological polar surface area (TPSA) is 17.8 Å². The molecular formula is C20H18ClF9N2. The lowest BCUT2D eigenvalue weighted by molar-refractivity contribution is -0.146. The summed E-state index contributed by atoms with van der Waals surface area (Å²) in [5, 5.41) is -0.886. The Hall–Kier alpha value is -2.43. The predicted octanol–water partition coefficient (Wildman–Crippen LogP) is 8.37. The molecule has 178 valence electrons. The fourth-order valence-electron chi connectivity index (χ4n) is 2.46. The molecule has 2 rings (SSSR count). The van der Waals surface area contributed by atoms with Gasteiger partial charge in [0.15, 0.2) is 0 Å². The summed E-state index contributed by atoms with van der Waals surface area (Å²) in [4.78, 5) is 3.18. The number of fused-ring (bicyclic) bond motifs is 1. The molecule has 2 nitrogen and oxygen atoms in total. The van der Waals surface area contributed by atoms with Gasteiger partial charge in [0.1, 0.15) is 0 Å². The predicted molar refractivity (Wildman–Crippen MR) is 104 cm³/mol. The number of nitrogens with zero attached hydrogens (tertiary/aromatic N) is 2. The summed E-state index contributed by atoms with van der Waals surface area (Å²) in [6.07, 6.45) is -12.7. The molecule has 0 fully saturated rings. The first-order valence-corrected chi connectivity index (χ1v) is 9.28. The molecule has 0 saturated carbocycles. The van der Waals surface area contributed by atoms with Gasteiger partial charge in [-0.1, -0.05) is 51.1 Å². The second-order valence-corrected chi connectivity index (χ2v) is 6.91. The van der Waals surface area contributed by atoms with Crippen molar-refractivity contribution in [3.05, 3.63) is 65.0 Å². The number of hydrogen-bond donors (Lipinski definition) is 0. The average Bonchev–Trinajstić information content (AvgIpc) is 2.95. The maximum Gasteiger partial charge on any atom is 0.449 e. The highest BCUT2D eigenvalue weighted by Gasteiger charge is 2.39. The number of halogens is 10. The molecule has 0 saturated heterocycles. The lowest BCUT2D eigenvalue weighted by Crippen LogP contribution is -2.16. The zero-order valence-corrected chi connectivity index (χ0v) is 17.6. The molecule has 0 amide bonds. The maximum atomic E-state index is 13.3.